The zero-order valence-corrected chi connectivity index (χ0v) is 15.2. The highest BCUT2D eigenvalue weighted by atomic mass is 32.2. The van der Waals surface area contributed by atoms with E-state index in [1.807, 2.05) is 55.5 Å². The highest BCUT2D eigenvalue weighted by Crippen LogP contribution is 2.28. The van der Waals surface area contributed by atoms with Crippen molar-refractivity contribution < 1.29 is 9.53 Å². The highest BCUT2D eigenvalue weighted by Gasteiger charge is 2.09. The van der Waals surface area contributed by atoms with Gasteiger partial charge in [-0.2, -0.15) is 0 Å². The molecule has 0 aromatic heterocycles. The Hall–Kier alpha value is -2.52. The predicted molar refractivity (Wildman–Crippen MR) is 103 cm³/mol. The summed E-state index contributed by atoms with van der Waals surface area (Å²) in [7, 11) is 0. The smallest absolute Gasteiger partial charge is 0.193 e. The van der Waals surface area contributed by atoms with Crippen molar-refractivity contribution >= 4 is 17.5 Å². The molecule has 3 aromatic rings. The van der Waals surface area contributed by atoms with Crippen LogP contribution in [0.4, 0.5) is 0 Å². The molecule has 0 heterocycles. The second-order valence-electron chi connectivity index (χ2n) is 5.73. The largest absolute Gasteiger partial charge is 0.494 e. The number of ether oxygens (including phenoxy) is 1. The first kappa shape index (κ1) is 17.3. The normalized spacial score (nSPS) is 10.5. The minimum absolute atomic E-state index is 0.0231. The van der Waals surface area contributed by atoms with Crippen LogP contribution in [-0.2, 0) is 0 Å². The molecule has 0 spiro atoms. The third-order valence-corrected chi connectivity index (χ3v) is 4.82. The maximum Gasteiger partial charge on any atom is 0.193 e. The molecule has 0 unspecified atom stereocenters. The van der Waals surface area contributed by atoms with E-state index in [2.05, 4.69) is 31.2 Å². The Morgan fingerprint density at radius 3 is 1.80 bits per heavy atom. The molecule has 0 saturated carbocycles. The van der Waals surface area contributed by atoms with Crippen LogP contribution >= 0.6 is 11.8 Å². The number of hydrogen-bond donors (Lipinski definition) is 0. The lowest BCUT2D eigenvalue weighted by molar-refractivity contribution is 0.103. The fraction of sp³-hybridized carbons (Fsp3) is 0.136. The van der Waals surface area contributed by atoms with E-state index < -0.39 is 0 Å². The first-order chi connectivity index (χ1) is 12.2. The van der Waals surface area contributed by atoms with Crippen LogP contribution in [0.1, 0.15) is 28.4 Å². The van der Waals surface area contributed by atoms with E-state index in [1.165, 1.54) is 10.5 Å². The van der Waals surface area contributed by atoms with Crippen LogP contribution < -0.4 is 4.74 Å². The van der Waals surface area contributed by atoms with Crippen LogP contribution in [-0.4, -0.2) is 12.4 Å². The summed E-state index contributed by atoms with van der Waals surface area (Å²) in [5, 5.41) is 0. The van der Waals surface area contributed by atoms with E-state index in [1.54, 1.807) is 11.8 Å². The molecule has 0 bridgehead atoms. The molecule has 126 valence electrons. The molecule has 0 aliphatic rings. The van der Waals surface area contributed by atoms with Gasteiger partial charge in [-0.25, -0.2) is 0 Å². The maximum absolute atomic E-state index is 12.6. The standard InChI is InChI=1S/C22H20O2S/c1-3-24-19-10-6-17(7-11-19)22(23)18-8-14-21(15-9-18)25-20-12-4-16(2)5-13-20/h4-15H,3H2,1-2H3. The van der Waals surface area contributed by atoms with Gasteiger partial charge in [0, 0.05) is 20.9 Å². The van der Waals surface area contributed by atoms with Crippen LogP contribution in [0.25, 0.3) is 0 Å². The highest BCUT2D eigenvalue weighted by molar-refractivity contribution is 7.99. The summed E-state index contributed by atoms with van der Waals surface area (Å²) >= 11 is 1.69. The molecule has 3 rings (SSSR count). The minimum Gasteiger partial charge on any atom is -0.494 e. The van der Waals surface area contributed by atoms with Gasteiger partial charge in [0.2, 0.25) is 0 Å². The van der Waals surface area contributed by atoms with Crippen LogP contribution in [0.2, 0.25) is 0 Å². The number of ketones is 1. The van der Waals surface area contributed by atoms with Crippen molar-refractivity contribution in [1.29, 1.82) is 0 Å². The summed E-state index contributed by atoms with van der Waals surface area (Å²) in [6.45, 7) is 4.64. The molecule has 25 heavy (non-hydrogen) atoms. The summed E-state index contributed by atoms with van der Waals surface area (Å²) in [6, 6.07) is 23.5. The Kier molecular flexibility index (Phi) is 5.56. The minimum atomic E-state index is 0.0231. The van der Waals surface area contributed by atoms with Crippen LogP contribution in [0.3, 0.4) is 0 Å². The van der Waals surface area contributed by atoms with Crippen molar-refractivity contribution in [2.75, 3.05) is 6.61 Å². The number of benzene rings is 3. The summed E-state index contributed by atoms with van der Waals surface area (Å²) < 4.78 is 5.41. The summed E-state index contributed by atoms with van der Waals surface area (Å²) in [6.07, 6.45) is 0. The van der Waals surface area contributed by atoms with Crippen molar-refractivity contribution in [3.8, 4) is 5.75 Å². The Balaban J connectivity index is 1.70. The molecule has 0 saturated heterocycles. The van der Waals surface area contributed by atoms with Crippen LogP contribution in [0.15, 0.2) is 82.6 Å². The van der Waals surface area contributed by atoms with Gasteiger partial charge >= 0.3 is 0 Å². The Morgan fingerprint density at radius 2 is 1.28 bits per heavy atom. The Morgan fingerprint density at radius 1 is 0.800 bits per heavy atom. The zero-order chi connectivity index (χ0) is 17.6. The number of hydrogen-bond acceptors (Lipinski definition) is 3. The van der Waals surface area contributed by atoms with E-state index in [9.17, 15) is 4.79 Å². The molecule has 0 atom stereocenters. The molecular weight excluding hydrogens is 328 g/mol. The quantitative estimate of drug-likeness (QED) is 0.529. The van der Waals surface area contributed by atoms with Gasteiger partial charge in [0.1, 0.15) is 5.75 Å². The third kappa shape index (κ3) is 4.52. The van der Waals surface area contributed by atoms with Gasteiger partial charge in [-0.1, -0.05) is 29.5 Å². The van der Waals surface area contributed by atoms with E-state index in [-0.39, 0.29) is 5.78 Å². The van der Waals surface area contributed by atoms with Crippen molar-refractivity contribution in [1.82, 2.24) is 0 Å². The second kappa shape index (κ2) is 8.04. The average Bonchev–Trinajstić information content (AvgIpc) is 2.65. The molecule has 0 fully saturated rings. The molecule has 0 aliphatic heterocycles. The van der Waals surface area contributed by atoms with Crippen LogP contribution in [0.5, 0.6) is 5.75 Å². The monoisotopic (exact) mass is 348 g/mol. The van der Waals surface area contributed by atoms with E-state index in [0.717, 1.165) is 10.6 Å². The van der Waals surface area contributed by atoms with Crippen LogP contribution in [0, 0.1) is 6.92 Å². The second-order valence-corrected chi connectivity index (χ2v) is 6.87. The van der Waals surface area contributed by atoms with Gasteiger partial charge in [-0.05, 0) is 74.5 Å². The van der Waals surface area contributed by atoms with E-state index in [0.29, 0.717) is 17.7 Å². The van der Waals surface area contributed by atoms with Gasteiger partial charge < -0.3 is 4.74 Å². The third-order valence-electron chi connectivity index (χ3n) is 3.80. The van der Waals surface area contributed by atoms with Crippen molar-refractivity contribution in [3.05, 3.63) is 89.5 Å². The first-order valence-corrected chi connectivity index (χ1v) is 9.09. The van der Waals surface area contributed by atoms with Gasteiger partial charge in [-0.15, -0.1) is 0 Å². The molecule has 2 nitrogen and oxygen atoms in total. The van der Waals surface area contributed by atoms with Gasteiger partial charge in [0.25, 0.3) is 0 Å². The SMILES string of the molecule is CCOc1ccc(C(=O)c2ccc(Sc3ccc(C)cc3)cc2)cc1. The molecule has 3 aromatic carbocycles. The number of rotatable bonds is 6. The molecule has 0 radical (unpaired) electrons. The van der Waals surface area contributed by atoms with E-state index >= 15 is 0 Å². The van der Waals surface area contributed by atoms with E-state index in [4.69, 9.17) is 4.74 Å². The van der Waals surface area contributed by atoms with Gasteiger partial charge in [0.05, 0.1) is 6.61 Å². The molecule has 0 aliphatic carbocycles. The Bertz CT molecular complexity index is 835. The van der Waals surface area contributed by atoms with Crippen molar-refractivity contribution in [2.24, 2.45) is 0 Å². The average molecular weight is 348 g/mol. The summed E-state index contributed by atoms with van der Waals surface area (Å²) in [5.74, 6) is 0.804. The molecular formula is C22H20O2S. The number of carbonyl (C=O) groups excluding carboxylic acids is 1. The lowest BCUT2D eigenvalue weighted by atomic mass is 10.0. The van der Waals surface area contributed by atoms with Gasteiger partial charge in [0.15, 0.2) is 5.78 Å². The van der Waals surface area contributed by atoms with Crippen molar-refractivity contribution in [2.45, 2.75) is 23.6 Å². The number of aryl methyl sites for hydroxylation is 1. The number of carbonyl (C=O) groups is 1. The first-order valence-electron chi connectivity index (χ1n) is 8.28. The van der Waals surface area contributed by atoms with Gasteiger partial charge in [-0.3, -0.25) is 4.79 Å². The molecule has 0 N–H and O–H groups in total. The van der Waals surface area contributed by atoms with Crippen molar-refractivity contribution in [3.63, 3.8) is 0 Å². The topological polar surface area (TPSA) is 26.3 Å². The summed E-state index contributed by atoms with van der Waals surface area (Å²) in [5.41, 5.74) is 2.61. The lowest BCUT2D eigenvalue weighted by Gasteiger charge is -2.06. The zero-order valence-electron chi connectivity index (χ0n) is 14.4. The maximum atomic E-state index is 12.6. The Labute approximate surface area is 152 Å². The fourth-order valence-electron chi connectivity index (χ4n) is 2.45. The predicted octanol–water partition coefficient (Wildman–Crippen LogP) is 5.78. The lowest BCUT2D eigenvalue weighted by Crippen LogP contribution is -2.01. The summed E-state index contributed by atoms with van der Waals surface area (Å²) in [4.78, 5) is 14.9. The fourth-order valence-corrected chi connectivity index (χ4v) is 3.27. The molecule has 3 heteroatoms. The molecule has 0 amide bonds.